The summed E-state index contributed by atoms with van der Waals surface area (Å²) in [5.74, 6) is 0.886. The van der Waals surface area contributed by atoms with Gasteiger partial charge in [0.05, 0.1) is 5.02 Å². The summed E-state index contributed by atoms with van der Waals surface area (Å²) in [7, 11) is 0. The maximum absolute atomic E-state index is 13.4. The van der Waals surface area contributed by atoms with Crippen LogP contribution in [-0.4, -0.2) is 4.98 Å². The molecule has 0 atom stereocenters. The summed E-state index contributed by atoms with van der Waals surface area (Å²) in [6.07, 6.45) is 4.89. The highest BCUT2D eigenvalue weighted by molar-refractivity contribution is 9.08. The average molecular weight is 381 g/mol. The molecule has 0 saturated heterocycles. The Kier molecular flexibility index (Phi) is 3.74. The molecule has 0 unspecified atom stereocenters. The molecule has 0 N–H and O–H groups in total. The molecule has 2 aliphatic carbocycles. The summed E-state index contributed by atoms with van der Waals surface area (Å²) < 4.78 is 13.4. The Balaban J connectivity index is 1.92. The minimum Gasteiger partial charge on any atom is -0.257 e. The van der Waals surface area contributed by atoms with Crippen LogP contribution in [-0.2, 0) is 5.33 Å². The molecule has 1 aromatic carbocycles. The molecule has 0 amide bonds. The van der Waals surface area contributed by atoms with Crippen LogP contribution in [0.3, 0.4) is 0 Å². The van der Waals surface area contributed by atoms with Crippen molar-refractivity contribution in [1.29, 1.82) is 0 Å². The monoisotopic (exact) mass is 379 g/mol. The van der Waals surface area contributed by atoms with E-state index in [1.54, 1.807) is 6.07 Å². The Morgan fingerprint density at radius 1 is 1.09 bits per heavy atom. The van der Waals surface area contributed by atoms with E-state index in [0.717, 1.165) is 16.5 Å². The Bertz CT molecular complexity index is 738. The molecule has 4 rings (SSSR count). The van der Waals surface area contributed by atoms with Gasteiger partial charge in [-0.15, -0.1) is 0 Å². The van der Waals surface area contributed by atoms with Crippen LogP contribution in [0.4, 0.5) is 4.39 Å². The van der Waals surface area contributed by atoms with Gasteiger partial charge in [0.1, 0.15) is 5.82 Å². The first-order valence-electron chi connectivity index (χ1n) is 7.72. The van der Waals surface area contributed by atoms with Crippen molar-refractivity contribution >= 4 is 27.5 Å². The van der Waals surface area contributed by atoms with E-state index in [1.165, 1.54) is 54.8 Å². The van der Waals surface area contributed by atoms with Crippen LogP contribution < -0.4 is 0 Å². The molecule has 1 nitrogen and oxygen atoms in total. The van der Waals surface area contributed by atoms with Crippen molar-refractivity contribution in [3.05, 3.63) is 52.1 Å². The number of hydrogen-bond acceptors (Lipinski definition) is 1. The summed E-state index contributed by atoms with van der Waals surface area (Å²) in [4.78, 5) is 4.95. The highest BCUT2D eigenvalue weighted by atomic mass is 79.9. The summed E-state index contributed by atoms with van der Waals surface area (Å²) in [6.45, 7) is 0. The summed E-state index contributed by atoms with van der Waals surface area (Å²) in [5, 5.41) is 1.22. The Morgan fingerprint density at radius 2 is 1.82 bits per heavy atom. The maximum Gasteiger partial charge on any atom is 0.124 e. The van der Waals surface area contributed by atoms with Gasteiger partial charge in [0.25, 0.3) is 0 Å². The van der Waals surface area contributed by atoms with Crippen molar-refractivity contribution in [2.45, 2.75) is 42.8 Å². The molecule has 0 bridgehead atoms. The number of benzene rings is 1. The maximum atomic E-state index is 13.4. The third-order valence-electron chi connectivity index (χ3n) is 4.49. The summed E-state index contributed by atoms with van der Waals surface area (Å²) in [5.41, 5.74) is 5.63. The topological polar surface area (TPSA) is 12.9 Å². The molecule has 4 heteroatoms. The molecule has 2 saturated carbocycles. The molecule has 2 fully saturated rings. The van der Waals surface area contributed by atoms with Gasteiger partial charge in [-0.25, -0.2) is 4.39 Å². The normalized spacial score (nSPS) is 17.8. The highest BCUT2D eigenvalue weighted by Gasteiger charge is 2.32. The SMILES string of the molecule is Fc1ccc(-c2cc(C3CC3)nc(C3CC3)c2CBr)c(Cl)c1. The zero-order chi connectivity index (χ0) is 15.3. The number of halogens is 3. The fourth-order valence-electron chi connectivity index (χ4n) is 2.98. The van der Waals surface area contributed by atoms with Crippen LogP contribution in [0, 0.1) is 5.82 Å². The van der Waals surface area contributed by atoms with Crippen LogP contribution in [0.15, 0.2) is 24.3 Å². The van der Waals surface area contributed by atoms with Crippen molar-refractivity contribution in [3.63, 3.8) is 0 Å². The van der Waals surface area contributed by atoms with Crippen LogP contribution in [0.25, 0.3) is 11.1 Å². The number of rotatable bonds is 4. The van der Waals surface area contributed by atoms with E-state index in [-0.39, 0.29) is 5.82 Å². The standard InChI is InChI=1S/C18H16BrClFN/c19-9-15-14(13-6-5-12(21)7-16(13)20)8-17(10-1-2-10)22-18(15)11-3-4-11/h5-8,10-11H,1-4,9H2. The minimum atomic E-state index is -0.298. The largest absolute Gasteiger partial charge is 0.257 e. The van der Waals surface area contributed by atoms with Crippen molar-refractivity contribution in [2.24, 2.45) is 0 Å². The fraction of sp³-hybridized carbons (Fsp3) is 0.389. The van der Waals surface area contributed by atoms with Gasteiger partial charge in [-0.1, -0.05) is 27.5 Å². The van der Waals surface area contributed by atoms with Gasteiger partial charge >= 0.3 is 0 Å². The highest BCUT2D eigenvalue weighted by Crippen LogP contribution is 2.47. The molecular weight excluding hydrogens is 365 g/mol. The van der Waals surface area contributed by atoms with Gasteiger partial charge in [0, 0.05) is 34.1 Å². The van der Waals surface area contributed by atoms with E-state index in [0.29, 0.717) is 16.9 Å². The van der Waals surface area contributed by atoms with E-state index in [2.05, 4.69) is 22.0 Å². The van der Waals surface area contributed by atoms with Crippen LogP contribution in [0.2, 0.25) is 5.02 Å². The third kappa shape index (κ3) is 2.69. The number of alkyl halides is 1. The summed E-state index contributed by atoms with van der Waals surface area (Å²) in [6, 6.07) is 6.82. The zero-order valence-electron chi connectivity index (χ0n) is 12.1. The van der Waals surface area contributed by atoms with E-state index >= 15 is 0 Å². The number of aromatic nitrogens is 1. The van der Waals surface area contributed by atoms with Gasteiger partial charge in [-0.3, -0.25) is 4.98 Å². The van der Waals surface area contributed by atoms with Gasteiger partial charge in [-0.05, 0) is 61.1 Å². The molecule has 114 valence electrons. The lowest BCUT2D eigenvalue weighted by molar-refractivity contribution is 0.628. The van der Waals surface area contributed by atoms with Crippen LogP contribution >= 0.6 is 27.5 Å². The second-order valence-corrected chi connectivity index (χ2v) is 7.23. The lowest BCUT2D eigenvalue weighted by atomic mass is 9.96. The molecule has 2 aromatic rings. The van der Waals surface area contributed by atoms with Crippen molar-refractivity contribution in [2.75, 3.05) is 0 Å². The smallest absolute Gasteiger partial charge is 0.124 e. The predicted octanol–water partition coefficient (Wildman–Crippen LogP) is 6.19. The second kappa shape index (κ2) is 5.61. The number of hydrogen-bond donors (Lipinski definition) is 0. The number of pyridine rings is 1. The van der Waals surface area contributed by atoms with Crippen LogP contribution in [0.5, 0.6) is 0 Å². The Hall–Kier alpha value is -0.930. The first kappa shape index (κ1) is 14.6. The Labute approximate surface area is 143 Å². The van der Waals surface area contributed by atoms with E-state index in [1.807, 2.05) is 0 Å². The van der Waals surface area contributed by atoms with E-state index in [4.69, 9.17) is 16.6 Å². The van der Waals surface area contributed by atoms with Gasteiger partial charge in [0.15, 0.2) is 0 Å². The number of nitrogens with zero attached hydrogens (tertiary/aromatic N) is 1. The first-order chi connectivity index (χ1) is 10.7. The molecular formula is C18H16BrClFN. The van der Waals surface area contributed by atoms with Crippen molar-refractivity contribution < 1.29 is 4.39 Å². The van der Waals surface area contributed by atoms with Crippen LogP contribution in [0.1, 0.15) is 54.5 Å². The minimum absolute atomic E-state index is 0.298. The zero-order valence-corrected chi connectivity index (χ0v) is 14.4. The average Bonchev–Trinajstić information content (AvgIpc) is 3.39. The summed E-state index contributed by atoms with van der Waals surface area (Å²) >= 11 is 9.92. The molecule has 0 spiro atoms. The fourth-order valence-corrected chi connectivity index (χ4v) is 3.84. The molecule has 1 heterocycles. The van der Waals surface area contributed by atoms with Gasteiger partial charge in [-0.2, -0.15) is 0 Å². The van der Waals surface area contributed by atoms with Crippen molar-refractivity contribution in [3.8, 4) is 11.1 Å². The van der Waals surface area contributed by atoms with Crippen molar-refractivity contribution in [1.82, 2.24) is 4.98 Å². The molecule has 1 aromatic heterocycles. The lowest BCUT2D eigenvalue weighted by Crippen LogP contribution is -2.02. The quantitative estimate of drug-likeness (QED) is 0.576. The van der Waals surface area contributed by atoms with Gasteiger partial charge < -0.3 is 0 Å². The first-order valence-corrected chi connectivity index (χ1v) is 9.22. The third-order valence-corrected chi connectivity index (χ3v) is 5.36. The van der Waals surface area contributed by atoms with E-state index in [9.17, 15) is 4.39 Å². The second-order valence-electron chi connectivity index (χ2n) is 6.26. The lowest BCUT2D eigenvalue weighted by Gasteiger charge is -2.16. The molecule has 22 heavy (non-hydrogen) atoms. The predicted molar refractivity (Wildman–Crippen MR) is 91.2 cm³/mol. The van der Waals surface area contributed by atoms with E-state index < -0.39 is 0 Å². The molecule has 0 aliphatic heterocycles. The molecule has 0 radical (unpaired) electrons. The molecule has 2 aliphatic rings. The van der Waals surface area contributed by atoms with Gasteiger partial charge in [0.2, 0.25) is 0 Å². The Morgan fingerprint density at radius 3 is 2.41 bits per heavy atom.